The summed E-state index contributed by atoms with van der Waals surface area (Å²) in [5.41, 5.74) is 0.684. The van der Waals surface area contributed by atoms with Crippen molar-refractivity contribution >= 4 is 0 Å². The number of hydrogen-bond donors (Lipinski definition) is 1. The highest BCUT2D eigenvalue weighted by molar-refractivity contribution is 4.97. The van der Waals surface area contributed by atoms with E-state index in [9.17, 15) is 0 Å². The molecule has 0 bridgehead atoms. The topological polar surface area (TPSA) is 15.3 Å². The van der Waals surface area contributed by atoms with Crippen LogP contribution in [0.2, 0.25) is 0 Å². The molecule has 1 spiro atoms. The molecule has 2 heteroatoms. The lowest BCUT2D eigenvalue weighted by atomic mass is 9.61. The third-order valence-electron chi connectivity index (χ3n) is 6.67. The van der Waals surface area contributed by atoms with Gasteiger partial charge in [0.25, 0.3) is 0 Å². The third kappa shape index (κ3) is 2.92. The van der Waals surface area contributed by atoms with Gasteiger partial charge in [0.05, 0.1) is 0 Å². The van der Waals surface area contributed by atoms with Crippen molar-refractivity contribution in [3.63, 3.8) is 0 Å². The second kappa shape index (κ2) is 6.36. The summed E-state index contributed by atoms with van der Waals surface area (Å²) in [5, 5.41) is 3.72. The highest BCUT2D eigenvalue weighted by atomic mass is 15.1. The highest BCUT2D eigenvalue weighted by Crippen LogP contribution is 2.50. The van der Waals surface area contributed by atoms with E-state index in [0.717, 1.165) is 17.9 Å². The summed E-state index contributed by atoms with van der Waals surface area (Å²) in [6, 6.07) is 0.733. The molecule has 1 aliphatic carbocycles. The van der Waals surface area contributed by atoms with Crippen LogP contribution in [0.4, 0.5) is 0 Å². The first-order chi connectivity index (χ1) is 9.71. The lowest BCUT2D eigenvalue weighted by molar-refractivity contribution is 0.0434. The lowest BCUT2D eigenvalue weighted by Crippen LogP contribution is -2.48. The Hall–Kier alpha value is -0.0800. The average Bonchev–Trinajstić information content (AvgIpc) is 2.88. The summed E-state index contributed by atoms with van der Waals surface area (Å²) in [7, 11) is 0. The van der Waals surface area contributed by atoms with Crippen LogP contribution in [0.3, 0.4) is 0 Å². The minimum absolute atomic E-state index is 0.684. The number of nitrogens with one attached hydrogen (secondary N) is 1. The molecular formula is C18H34N2. The average molecular weight is 278 g/mol. The van der Waals surface area contributed by atoms with Gasteiger partial charge in [-0.1, -0.05) is 25.7 Å². The molecule has 2 saturated heterocycles. The van der Waals surface area contributed by atoms with Crippen molar-refractivity contribution < 1.29 is 0 Å². The number of likely N-dealkylation sites (tertiary alicyclic amines) is 1. The molecule has 0 aromatic rings. The molecule has 2 aliphatic heterocycles. The number of rotatable bonds is 2. The molecule has 2 nitrogen and oxygen atoms in total. The zero-order valence-electron chi connectivity index (χ0n) is 13.7. The van der Waals surface area contributed by atoms with Gasteiger partial charge in [0.2, 0.25) is 0 Å². The Morgan fingerprint density at radius 2 is 1.80 bits per heavy atom. The van der Waals surface area contributed by atoms with Gasteiger partial charge in [-0.05, 0) is 83.0 Å². The first kappa shape index (κ1) is 14.8. The fourth-order valence-electron chi connectivity index (χ4n) is 5.40. The van der Waals surface area contributed by atoms with Crippen molar-refractivity contribution in [2.45, 2.75) is 71.3 Å². The van der Waals surface area contributed by atoms with Gasteiger partial charge in [-0.25, -0.2) is 0 Å². The largest absolute Gasteiger partial charge is 0.316 e. The van der Waals surface area contributed by atoms with Crippen LogP contribution in [0.1, 0.15) is 65.2 Å². The van der Waals surface area contributed by atoms with E-state index in [1.54, 1.807) is 0 Å². The van der Waals surface area contributed by atoms with E-state index in [1.165, 1.54) is 77.5 Å². The molecule has 2 heterocycles. The van der Waals surface area contributed by atoms with Crippen LogP contribution in [0.5, 0.6) is 0 Å². The normalized spacial score (nSPS) is 37.6. The number of nitrogens with zero attached hydrogens (tertiary/aromatic N) is 1. The molecule has 2 unspecified atom stereocenters. The molecular weight excluding hydrogens is 244 g/mol. The molecule has 0 aromatic heterocycles. The molecule has 3 rings (SSSR count). The summed E-state index contributed by atoms with van der Waals surface area (Å²) in [6.07, 6.45) is 11.9. The third-order valence-corrected chi connectivity index (χ3v) is 6.67. The van der Waals surface area contributed by atoms with E-state index in [-0.39, 0.29) is 0 Å². The van der Waals surface area contributed by atoms with Crippen molar-refractivity contribution in [2.24, 2.45) is 17.3 Å². The van der Waals surface area contributed by atoms with Crippen LogP contribution in [0.25, 0.3) is 0 Å². The molecule has 0 aromatic carbocycles. The zero-order valence-corrected chi connectivity index (χ0v) is 13.7. The summed E-state index contributed by atoms with van der Waals surface area (Å²) < 4.78 is 0. The Balaban J connectivity index is 1.73. The minimum Gasteiger partial charge on any atom is -0.316 e. The smallest absolute Gasteiger partial charge is 0.00385 e. The molecule has 3 fully saturated rings. The fourth-order valence-corrected chi connectivity index (χ4v) is 5.40. The lowest BCUT2D eigenvalue weighted by Gasteiger charge is -2.47. The molecule has 1 saturated carbocycles. The van der Waals surface area contributed by atoms with Crippen LogP contribution in [-0.2, 0) is 0 Å². The molecule has 3 aliphatic rings. The molecule has 20 heavy (non-hydrogen) atoms. The van der Waals surface area contributed by atoms with Gasteiger partial charge in [-0.2, -0.15) is 0 Å². The van der Waals surface area contributed by atoms with Gasteiger partial charge in [0, 0.05) is 6.04 Å². The molecule has 0 amide bonds. The van der Waals surface area contributed by atoms with Gasteiger partial charge in [0.15, 0.2) is 0 Å². The summed E-state index contributed by atoms with van der Waals surface area (Å²) >= 11 is 0. The first-order valence-electron chi connectivity index (χ1n) is 9.16. The van der Waals surface area contributed by atoms with Crippen molar-refractivity contribution in [2.75, 3.05) is 26.2 Å². The van der Waals surface area contributed by atoms with Crippen molar-refractivity contribution in [1.82, 2.24) is 10.2 Å². The van der Waals surface area contributed by atoms with E-state index >= 15 is 0 Å². The second-order valence-electron chi connectivity index (χ2n) is 7.95. The van der Waals surface area contributed by atoms with Gasteiger partial charge in [-0.3, -0.25) is 0 Å². The summed E-state index contributed by atoms with van der Waals surface area (Å²) in [5.74, 6) is 2.01. The van der Waals surface area contributed by atoms with Crippen LogP contribution in [0, 0.1) is 17.3 Å². The van der Waals surface area contributed by atoms with E-state index < -0.39 is 0 Å². The highest BCUT2D eigenvalue weighted by Gasteiger charge is 2.45. The van der Waals surface area contributed by atoms with Gasteiger partial charge in [-0.15, -0.1) is 0 Å². The van der Waals surface area contributed by atoms with Gasteiger partial charge < -0.3 is 10.2 Å². The first-order valence-corrected chi connectivity index (χ1v) is 9.16. The fraction of sp³-hybridized carbons (Fsp3) is 1.00. The van der Waals surface area contributed by atoms with Crippen LogP contribution in [0.15, 0.2) is 0 Å². The zero-order chi connectivity index (χ0) is 14.0. The quantitative estimate of drug-likeness (QED) is 0.829. The van der Waals surface area contributed by atoms with E-state index in [2.05, 4.69) is 24.1 Å². The van der Waals surface area contributed by atoms with Crippen molar-refractivity contribution in [3.05, 3.63) is 0 Å². The molecule has 116 valence electrons. The molecule has 0 radical (unpaired) electrons. The monoisotopic (exact) mass is 278 g/mol. The maximum absolute atomic E-state index is 3.72. The van der Waals surface area contributed by atoms with E-state index in [4.69, 9.17) is 0 Å². The molecule has 2 atom stereocenters. The minimum atomic E-state index is 0.684. The standard InChI is InChI=1S/C18H34N2/c1-15(2)20-12-5-8-18(10-13-20)9-11-19-14-17(18)16-6-3-4-7-16/h15-17,19H,3-14H2,1-2H3. The van der Waals surface area contributed by atoms with Crippen LogP contribution < -0.4 is 5.32 Å². The maximum atomic E-state index is 3.72. The molecule has 1 N–H and O–H groups in total. The number of hydrogen-bond acceptors (Lipinski definition) is 2. The summed E-state index contributed by atoms with van der Waals surface area (Å²) in [4.78, 5) is 2.72. The van der Waals surface area contributed by atoms with Crippen LogP contribution >= 0.6 is 0 Å². The maximum Gasteiger partial charge on any atom is 0.00385 e. The van der Waals surface area contributed by atoms with E-state index in [1.807, 2.05) is 0 Å². The van der Waals surface area contributed by atoms with Crippen molar-refractivity contribution in [1.29, 1.82) is 0 Å². The Bertz CT molecular complexity index is 309. The summed E-state index contributed by atoms with van der Waals surface area (Å²) in [6.45, 7) is 10.0. The Morgan fingerprint density at radius 3 is 2.55 bits per heavy atom. The van der Waals surface area contributed by atoms with Crippen LogP contribution in [-0.4, -0.2) is 37.1 Å². The number of piperidine rings is 1. The predicted octanol–water partition coefficient (Wildman–Crippen LogP) is 3.67. The predicted molar refractivity (Wildman–Crippen MR) is 85.9 cm³/mol. The van der Waals surface area contributed by atoms with E-state index in [0.29, 0.717) is 5.41 Å². The second-order valence-corrected chi connectivity index (χ2v) is 7.95. The van der Waals surface area contributed by atoms with Gasteiger partial charge >= 0.3 is 0 Å². The van der Waals surface area contributed by atoms with Crippen molar-refractivity contribution in [3.8, 4) is 0 Å². The Morgan fingerprint density at radius 1 is 1.00 bits per heavy atom. The SMILES string of the molecule is CC(C)N1CCCC2(CCNCC2C2CCCC2)CC1. The van der Waals surface area contributed by atoms with Gasteiger partial charge in [0.1, 0.15) is 0 Å². The Kier molecular flexibility index (Phi) is 4.72. The Labute approximate surface area is 125 Å².